The minimum atomic E-state index is -0.0800. The van der Waals surface area contributed by atoms with E-state index in [0.717, 1.165) is 22.2 Å². The van der Waals surface area contributed by atoms with Crippen molar-refractivity contribution in [1.29, 1.82) is 0 Å². The summed E-state index contributed by atoms with van der Waals surface area (Å²) < 4.78 is 0. The summed E-state index contributed by atoms with van der Waals surface area (Å²) in [6, 6.07) is 1.82. The Kier molecular flexibility index (Phi) is 2.56. The normalized spacial score (nSPS) is 10.8. The highest BCUT2D eigenvalue weighted by Crippen LogP contribution is 2.22. The molecule has 0 unspecified atom stereocenters. The first-order chi connectivity index (χ1) is 9.15. The van der Waals surface area contributed by atoms with Gasteiger partial charge in [-0.3, -0.25) is 14.9 Å². The molecule has 0 saturated heterocycles. The third-order valence-corrected chi connectivity index (χ3v) is 2.86. The topological polar surface area (TPSA) is 84.4 Å². The molecular formula is C13H11N5O. The summed E-state index contributed by atoms with van der Waals surface area (Å²) in [5.74, 6) is 0.626. The van der Waals surface area contributed by atoms with Crippen molar-refractivity contribution in [2.45, 2.75) is 13.8 Å². The summed E-state index contributed by atoms with van der Waals surface area (Å²) in [4.78, 5) is 24.1. The maximum Gasteiger partial charge on any atom is 0.180 e. The van der Waals surface area contributed by atoms with Crippen molar-refractivity contribution in [2.75, 3.05) is 0 Å². The first kappa shape index (κ1) is 11.5. The lowest BCUT2D eigenvalue weighted by Crippen LogP contribution is -1.93. The number of rotatable bonds is 2. The standard InChI is InChI=1S/C13H11N5O/c1-7(19)13-10-3-11(16-6-12(10)17-18-13)9-4-14-8(2)15-5-9/h3-6H,1-2H3,(H,17,18). The molecule has 3 aromatic rings. The molecule has 0 amide bonds. The molecule has 0 aromatic carbocycles. The van der Waals surface area contributed by atoms with Gasteiger partial charge in [0.05, 0.1) is 17.4 Å². The van der Waals surface area contributed by atoms with E-state index in [4.69, 9.17) is 0 Å². The van der Waals surface area contributed by atoms with Crippen LogP contribution in [0.15, 0.2) is 24.7 Å². The van der Waals surface area contributed by atoms with E-state index in [0.29, 0.717) is 11.5 Å². The van der Waals surface area contributed by atoms with E-state index in [-0.39, 0.29) is 5.78 Å². The molecule has 0 atom stereocenters. The highest BCUT2D eigenvalue weighted by molar-refractivity contribution is 6.05. The average molecular weight is 253 g/mol. The first-order valence-corrected chi connectivity index (χ1v) is 5.79. The number of carbonyl (C=O) groups is 1. The molecule has 94 valence electrons. The molecule has 0 radical (unpaired) electrons. The molecular weight excluding hydrogens is 242 g/mol. The second-order valence-corrected chi connectivity index (χ2v) is 4.26. The van der Waals surface area contributed by atoms with Crippen LogP contribution in [0, 0.1) is 6.92 Å². The Morgan fingerprint density at radius 3 is 2.58 bits per heavy atom. The number of fused-ring (bicyclic) bond motifs is 1. The molecule has 0 aliphatic rings. The number of aryl methyl sites for hydroxylation is 1. The SMILES string of the molecule is CC(=O)c1n[nH]c2cnc(-c3cnc(C)nc3)cc12. The van der Waals surface area contributed by atoms with Crippen LogP contribution < -0.4 is 0 Å². The van der Waals surface area contributed by atoms with Gasteiger partial charge in [-0.25, -0.2) is 9.97 Å². The third-order valence-electron chi connectivity index (χ3n) is 2.86. The lowest BCUT2D eigenvalue weighted by atomic mass is 10.1. The van der Waals surface area contributed by atoms with Crippen LogP contribution in [0.25, 0.3) is 22.2 Å². The number of nitrogens with zero attached hydrogens (tertiary/aromatic N) is 4. The number of aromatic nitrogens is 5. The Bertz CT molecular complexity index is 760. The molecule has 0 fully saturated rings. The van der Waals surface area contributed by atoms with Gasteiger partial charge in [-0.1, -0.05) is 0 Å². The average Bonchev–Trinajstić information content (AvgIpc) is 2.82. The fourth-order valence-corrected chi connectivity index (χ4v) is 1.87. The van der Waals surface area contributed by atoms with E-state index >= 15 is 0 Å². The molecule has 1 N–H and O–H groups in total. The van der Waals surface area contributed by atoms with E-state index in [1.807, 2.05) is 13.0 Å². The predicted molar refractivity (Wildman–Crippen MR) is 69.7 cm³/mol. The highest BCUT2D eigenvalue weighted by Gasteiger charge is 2.12. The predicted octanol–water partition coefficient (Wildman–Crippen LogP) is 1.93. The Labute approximate surface area is 108 Å². The zero-order valence-corrected chi connectivity index (χ0v) is 10.5. The molecule has 3 rings (SSSR count). The molecule has 0 bridgehead atoms. The molecule has 3 heterocycles. The lowest BCUT2D eigenvalue weighted by molar-refractivity contribution is 0.101. The van der Waals surface area contributed by atoms with Crippen LogP contribution in [-0.2, 0) is 0 Å². The smallest absolute Gasteiger partial charge is 0.180 e. The van der Waals surface area contributed by atoms with Crippen molar-refractivity contribution in [2.24, 2.45) is 0 Å². The summed E-state index contributed by atoms with van der Waals surface area (Å²) in [5, 5.41) is 7.55. The van der Waals surface area contributed by atoms with Crippen LogP contribution in [0.2, 0.25) is 0 Å². The third kappa shape index (κ3) is 1.97. The molecule has 0 aliphatic carbocycles. The number of ketones is 1. The van der Waals surface area contributed by atoms with Gasteiger partial charge in [0.1, 0.15) is 11.5 Å². The monoisotopic (exact) mass is 253 g/mol. The van der Waals surface area contributed by atoms with E-state index < -0.39 is 0 Å². The molecule has 6 heteroatoms. The van der Waals surface area contributed by atoms with Crippen LogP contribution in [0.1, 0.15) is 23.2 Å². The maximum absolute atomic E-state index is 11.5. The summed E-state index contributed by atoms with van der Waals surface area (Å²) in [5.41, 5.74) is 2.69. The van der Waals surface area contributed by atoms with Gasteiger partial charge in [-0.2, -0.15) is 5.10 Å². The molecule has 0 aliphatic heterocycles. The van der Waals surface area contributed by atoms with Crippen molar-refractivity contribution in [3.63, 3.8) is 0 Å². The van der Waals surface area contributed by atoms with E-state index in [1.54, 1.807) is 18.6 Å². The lowest BCUT2D eigenvalue weighted by Gasteiger charge is -2.00. The van der Waals surface area contributed by atoms with Crippen molar-refractivity contribution in [1.82, 2.24) is 25.1 Å². The van der Waals surface area contributed by atoms with Gasteiger partial charge >= 0.3 is 0 Å². The van der Waals surface area contributed by atoms with Crippen LogP contribution in [0.3, 0.4) is 0 Å². The van der Waals surface area contributed by atoms with Gasteiger partial charge in [0.2, 0.25) is 0 Å². The Balaban J connectivity index is 2.17. The number of nitrogens with one attached hydrogen (secondary N) is 1. The summed E-state index contributed by atoms with van der Waals surface area (Å²) in [6.45, 7) is 3.31. The Morgan fingerprint density at radius 1 is 1.16 bits per heavy atom. The largest absolute Gasteiger partial charge is 0.293 e. The van der Waals surface area contributed by atoms with Crippen LogP contribution in [0.4, 0.5) is 0 Å². The highest BCUT2D eigenvalue weighted by atomic mass is 16.1. The minimum Gasteiger partial charge on any atom is -0.293 e. The number of hydrogen-bond donors (Lipinski definition) is 1. The fraction of sp³-hybridized carbons (Fsp3) is 0.154. The molecule has 0 saturated carbocycles. The van der Waals surface area contributed by atoms with Crippen molar-refractivity contribution in [3.05, 3.63) is 36.2 Å². The van der Waals surface area contributed by atoms with E-state index in [9.17, 15) is 4.79 Å². The molecule has 6 nitrogen and oxygen atoms in total. The van der Waals surface area contributed by atoms with Gasteiger partial charge in [0, 0.05) is 30.3 Å². The Hall–Kier alpha value is -2.63. The number of hydrogen-bond acceptors (Lipinski definition) is 5. The van der Waals surface area contributed by atoms with Crippen molar-refractivity contribution >= 4 is 16.7 Å². The second-order valence-electron chi connectivity index (χ2n) is 4.26. The second kappa shape index (κ2) is 4.24. The van der Waals surface area contributed by atoms with Gasteiger partial charge in [-0.05, 0) is 13.0 Å². The van der Waals surface area contributed by atoms with Crippen LogP contribution >= 0.6 is 0 Å². The first-order valence-electron chi connectivity index (χ1n) is 5.79. The van der Waals surface area contributed by atoms with Crippen LogP contribution in [0.5, 0.6) is 0 Å². The fourth-order valence-electron chi connectivity index (χ4n) is 1.87. The van der Waals surface area contributed by atoms with Crippen molar-refractivity contribution < 1.29 is 4.79 Å². The van der Waals surface area contributed by atoms with Crippen LogP contribution in [-0.4, -0.2) is 30.9 Å². The van der Waals surface area contributed by atoms with Gasteiger partial charge < -0.3 is 0 Å². The molecule has 0 spiro atoms. The number of aromatic amines is 1. The number of carbonyl (C=O) groups excluding carboxylic acids is 1. The summed E-state index contributed by atoms with van der Waals surface area (Å²) in [7, 11) is 0. The number of Topliss-reactive ketones (excluding diaryl/α,β-unsaturated/α-hetero) is 1. The van der Waals surface area contributed by atoms with Gasteiger partial charge in [0.15, 0.2) is 5.78 Å². The zero-order chi connectivity index (χ0) is 13.4. The zero-order valence-electron chi connectivity index (χ0n) is 10.5. The quantitative estimate of drug-likeness (QED) is 0.705. The number of pyridine rings is 1. The summed E-state index contributed by atoms with van der Waals surface area (Å²) >= 11 is 0. The summed E-state index contributed by atoms with van der Waals surface area (Å²) in [6.07, 6.45) is 5.08. The van der Waals surface area contributed by atoms with E-state index in [1.165, 1.54) is 6.92 Å². The molecule has 19 heavy (non-hydrogen) atoms. The van der Waals surface area contributed by atoms with E-state index in [2.05, 4.69) is 25.1 Å². The molecule has 3 aromatic heterocycles. The Morgan fingerprint density at radius 2 is 1.89 bits per heavy atom. The maximum atomic E-state index is 11.5. The minimum absolute atomic E-state index is 0.0800. The van der Waals surface area contributed by atoms with Crippen molar-refractivity contribution in [3.8, 4) is 11.3 Å². The number of H-pyrrole nitrogens is 1. The van der Waals surface area contributed by atoms with Gasteiger partial charge in [-0.15, -0.1) is 0 Å². The van der Waals surface area contributed by atoms with Gasteiger partial charge in [0.25, 0.3) is 0 Å².